The summed E-state index contributed by atoms with van der Waals surface area (Å²) in [5.74, 6) is -1.24. The normalized spacial score (nSPS) is 23.7. The molecule has 0 radical (unpaired) electrons. The van der Waals surface area contributed by atoms with E-state index in [4.69, 9.17) is 5.11 Å². The van der Waals surface area contributed by atoms with Crippen molar-refractivity contribution in [2.24, 2.45) is 0 Å². The number of carboxylic acid groups (broad SMARTS) is 1. The molecule has 1 aromatic heterocycles. The van der Waals surface area contributed by atoms with E-state index in [0.29, 0.717) is 24.8 Å². The van der Waals surface area contributed by atoms with Crippen LogP contribution in [0.4, 0.5) is 0 Å². The fourth-order valence-corrected chi connectivity index (χ4v) is 5.38. The molecule has 1 aromatic rings. The molecule has 2 rings (SSSR count). The average molecular weight is 319 g/mol. The molecule has 1 heterocycles. The van der Waals surface area contributed by atoms with Crippen LogP contribution in [0.1, 0.15) is 40.9 Å². The van der Waals surface area contributed by atoms with Crippen molar-refractivity contribution in [1.29, 1.82) is 0 Å². The van der Waals surface area contributed by atoms with E-state index >= 15 is 0 Å². The lowest BCUT2D eigenvalue weighted by atomic mass is 9.94. The second kappa shape index (κ2) is 5.80. The fourth-order valence-electron chi connectivity index (χ4n) is 2.46. The number of aromatic carboxylic acids is 1. The summed E-state index contributed by atoms with van der Waals surface area (Å²) in [5.41, 5.74) is 0.427. The fraction of sp³-hybridized carbons (Fsp3) is 0.583. The summed E-state index contributed by atoms with van der Waals surface area (Å²) in [5, 5.41) is 20.2. The summed E-state index contributed by atoms with van der Waals surface area (Å²) in [6.07, 6.45) is 1.95. The van der Waals surface area contributed by atoms with Crippen molar-refractivity contribution in [3.05, 3.63) is 15.8 Å². The Balaban J connectivity index is 2.26. The number of nitrogens with one attached hydrogen (secondary N) is 1. The van der Waals surface area contributed by atoms with Gasteiger partial charge in [0.25, 0.3) is 0 Å². The number of carbonyl (C=O) groups is 1. The predicted molar refractivity (Wildman–Crippen MR) is 74.6 cm³/mol. The molecule has 1 aliphatic carbocycles. The molecule has 0 amide bonds. The highest BCUT2D eigenvalue weighted by atomic mass is 32.2. The number of aryl methyl sites for hydroxylation is 1. The SMILES string of the molecule is Cc1csc(C(=O)O)c1S(=O)(=O)NC1CCCC(O)C1. The minimum atomic E-state index is -3.88. The van der Waals surface area contributed by atoms with Crippen molar-refractivity contribution >= 4 is 27.3 Å². The molecule has 20 heavy (non-hydrogen) atoms. The van der Waals surface area contributed by atoms with E-state index in [9.17, 15) is 18.3 Å². The molecular weight excluding hydrogens is 302 g/mol. The second-order valence-corrected chi connectivity index (χ2v) is 7.55. The largest absolute Gasteiger partial charge is 0.477 e. The van der Waals surface area contributed by atoms with Crippen molar-refractivity contribution in [3.8, 4) is 0 Å². The van der Waals surface area contributed by atoms with Crippen molar-refractivity contribution in [2.75, 3.05) is 0 Å². The van der Waals surface area contributed by atoms with Crippen LogP contribution in [0, 0.1) is 6.92 Å². The number of sulfonamides is 1. The van der Waals surface area contributed by atoms with Crippen molar-refractivity contribution in [3.63, 3.8) is 0 Å². The van der Waals surface area contributed by atoms with Gasteiger partial charge in [-0.05, 0) is 43.6 Å². The number of hydrogen-bond donors (Lipinski definition) is 3. The van der Waals surface area contributed by atoms with Crippen molar-refractivity contribution < 1.29 is 23.4 Å². The van der Waals surface area contributed by atoms with Gasteiger partial charge in [0.05, 0.1) is 6.10 Å². The van der Waals surface area contributed by atoms with Crippen LogP contribution >= 0.6 is 11.3 Å². The van der Waals surface area contributed by atoms with Crippen LogP contribution in [0.3, 0.4) is 0 Å². The predicted octanol–water partition coefficient (Wildman–Crippen LogP) is 1.34. The maximum atomic E-state index is 12.4. The van der Waals surface area contributed by atoms with Gasteiger partial charge in [0.2, 0.25) is 10.0 Å². The van der Waals surface area contributed by atoms with E-state index in [1.54, 1.807) is 6.92 Å². The van der Waals surface area contributed by atoms with E-state index in [1.165, 1.54) is 5.38 Å². The Labute approximate surface area is 121 Å². The first-order valence-corrected chi connectivity index (χ1v) is 8.69. The Morgan fingerprint density at radius 1 is 1.45 bits per heavy atom. The molecule has 0 spiro atoms. The lowest BCUT2D eigenvalue weighted by Gasteiger charge is -2.26. The quantitative estimate of drug-likeness (QED) is 0.777. The first-order chi connectivity index (χ1) is 9.31. The van der Waals surface area contributed by atoms with Crippen LogP contribution in [0.15, 0.2) is 10.3 Å². The molecule has 2 atom stereocenters. The molecule has 0 aromatic carbocycles. The first-order valence-electron chi connectivity index (χ1n) is 6.33. The van der Waals surface area contributed by atoms with Gasteiger partial charge < -0.3 is 10.2 Å². The minimum absolute atomic E-state index is 0.157. The third-order valence-corrected chi connectivity index (χ3v) is 6.27. The topological polar surface area (TPSA) is 104 Å². The van der Waals surface area contributed by atoms with Gasteiger partial charge in [0.15, 0.2) is 0 Å². The Bertz CT molecular complexity index is 607. The maximum absolute atomic E-state index is 12.4. The highest BCUT2D eigenvalue weighted by Crippen LogP contribution is 2.28. The summed E-state index contributed by atoms with van der Waals surface area (Å²) < 4.78 is 27.2. The highest BCUT2D eigenvalue weighted by molar-refractivity contribution is 7.89. The van der Waals surface area contributed by atoms with Crippen LogP contribution in [0.25, 0.3) is 0 Å². The first kappa shape index (κ1) is 15.4. The van der Waals surface area contributed by atoms with Crippen LogP contribution < -0.4 is 4.72 Å². The number of rotatable bonds is 4. The van der Waals surface area contributed by atoms with E-state index in [-0.39, 0.29) is 15.8 Å². The molecule has 0 bridgehead atoms. The molecule has 0 saturated heterocycles. The van der Waals surface area contributed by atoms with Gasteiger partial charge in [-0.2, -0.15) is 0 Å². The lowest BCUT2D eigenvalue weighted by Crippen LogP contribution is -2.40. The Morgan fingerprint density at radius 3 is 2.75 bits per heavy atom. The zero-order chi connectivity index (χ0) is 14.9. The summed E-state index contributed by atoms with van der Waals surface area (Å²) in [7, 11) is -3.88. The zero-order valence-corrected chi connectivity index (χ0v) is 12.6. The Hall–Kier alpha value is -0.960. The number of thiophene rings is 1. The van der Waals surface area contributed by atoms with Crippen LogP contribution in [0.5, 0.6) is 0 Å². The van der Waals surface area contributed by atoms with Gasteiger partial charge in [-0.25, -0.2) is 17.9 Å². The monoisotopic (exact) mass is 319 g/mol. The Morgan fingerprint density at radius 2 is 2.15 bits per heavy atom. The summed E-state index contributed by atoms with van der Waals surface area (Å²) in [4.78, 5) is 10.8. The van der Waals surface area contributed by atoms with Gasteiger partial charge >= 0.3 is 5.97 Å². The standard InChI is InChI=1S/C12H17NO5S2/c1-7-6-19-10(12(15)16)11(7)20(17,18)13-8-3-2-4-9(14)5-8/h6,8-9,13-14H,2-5H2,1H3,(H,15,16). The summed E-state index contributed by atoms with van der Waals surface area (Å²) in [6.45, 7) is 1.58. The molecule has 1 saturated carbocycles. The molecule has 0 aliphatic heterocycles. The molecule has 112 valence electrons. The number of hydrogen-bond acceptors (Lipinski definition) is 5. The molecule has 8 heteroatoms. The number of aliphatic hydroxyl groups excluding tert-OH is 1. The van der Waals surface area contributed by atoms with Gasteiger partial charge in [0, 0.05) is 6.04 Å². The Kier molecular flexibility index (Phi) is 4.48. The molecular formula is C12H17NO5S2. The zero-order valence-electron chi connectivity index (χ0n) is 11.0. The van der Waals surface area contributed by atoms with Gasteiger partial charge in [-0.3, -0.25) is 0 Å². The van der Waals surface area contributed by atoms with Gasteiger partial charge in [-0.1, -0.05) is 0 Å². The molecule has 1 fully saturated rings. The van der Waals surface area contributed by atoms with Crippen LogP contribution in [0.2, 0.25) is 0 Å². The van der Waals surface area contributed by atoms with E-state index in [0.717, 1.165) is 17.8 Å². The number of aliphatic hydroxyl groups is 1. The molecule has 3 N–H and O–H groups in total. The number of carboxylic acids is 1. The third kappa shape index (κ3) is 3.20. The van der Waals surface area contributed by atoms with E-state index in [2.05, 4.69) is 4.72 Å². The molecule has 1 aliphatic rings. The van der Waals surface area contributed by atoms with Crippen LogP contribution in [-0.4, -0.2) is 36.7 Å². The van der Waals surface area contributed by atoms with E-state index < -0.39 is 22.1 Å². The highest BCUT2D eigenvalue weighted by Gasteiger charge is 2.30. The van der Waals surface area contributed by atoms with Crippen LogP contribution in [-0.2, 0) is 10.0 Å². The van der Waals surface area contributed by atoms with E-state index in [1.807, 2.05) is 0 Å². The maximum Gasteiger partial charge on any atom is 0.347 e. The minimum Gasteiger partial charge on any atom is -0.477 e. The summed E-state index contributed by atoms with van der Waals surface area (Å²) >= 11 is 0.906. The van der Waals surface area contributed by atoms with Crippen molar-refractivity contribution in [2.45, 2.75) is 49.6 Å². The lowest BCUT2D eigenvalue weighted by molar-refractivity contribution is 0.0698. The van der Waals surface area contributed by atoms with Gasteiger partial charge in [-0.15, -0.1) is 11.3 Å². The summed E-state index contributed by atoms with van der Waals surface area (Å²) in [6, 6.07) is -0.343. The second-order valence-electron chi connectivity index (χ2n) is 5.02. The molecule has 6 nitrogen and oxygen atoms in total. The molecule has 2 unspecified atom stereocenters. The smallest absolute Gasteiger partial charge is 0.347 e. The van der Waals surface area contributed by atoms with Crippen molar-refractivity contribution in [1.82, 2.24) is 4.72 Å². The average Bonchev–Trinajstić information content (AvgIpc) is 2.71. The van der Waals surface area contributed by atoms with Gasteiger partial charge in [0.1, 0.15) is 9.77 Å². The third-order valence-electron chi connectivity index (χ3n) is 3.35.